The maximum absolute atomic E-state index is 12.9. The van der Waals surface area contributed by atoms with Crippen LogP contribution < -0.4 is 15.8 Å². The molecule has 1 N–H and O–H groups in total. The number of nitrogens with one attached hydrogen (secondary N) is 1. The summed E-state index contributed by atoms with van der Waals surface area (Å²) in [5.74, 6) is 0.464. The van der Waals surface area contributed by atoms with Gasteiger partial charge < -0.3 is 10.2 Å². The van der Waals surface area contributed by atoms with Gasteiger partial charge in [-0.25, -0.2) is 4.68 Å². The summed E-state index contributed by atoms with van der Waals surface area (Å²) in [6.07, 6.45) is 3.41. The molecule has 6 nitrogen and oxygen atoms in total. The molecule has 0 atom stereocenters. The van der Waals surface area contributed by atoms with Crippen LogP contribution >= 0.6 is 11.6 Å². The Balaban J connectivity index is 1.66. The topological polar surface area (TPSA) is 67.2 Å². The number of nitrogens with zero attached hydrogens (tertiary/aromatic N) is 3. The fraction of sp³-hybridized carbons (Fsp3) is 0.286. The van der Waals surface area contributed by atoms with Gasteiger partial charge in [0.1, 0.15) is 6.54 Å². The van der Waals surface area contributed by atoms with Crippen LogP contribution in [0.1, 0.15) is 19.3 Å². The van der Waals surface area contributed by atoms with E-state index in [9.17, 15) is 9.59 Å². The minimum atomic E-state index is -0.309. The van der Waals surface area contributed by atoms with Gasteiger partial charge in [-0.2, -0.15) is 5.10 Å². The van der Waals surface area contributed by atoms with Gasteiger partial charge in [0.05, 0.1) is 5.39 Å². The summed E-state index contributed by atoms with van der Waals surface area (Å²) in [7, 11) is 0. The second-order valence-electron chi connectivity index (χ2n) is 6.93. The van der Waals surface area contributed by atoms with Gasteiger partial charge in [0.25, 0.3) is 5.56 Å². The van der Waals surface area contributed by atoms with Gasteiger partial charge in [-0.3, -0.25) is 9.59 Å². The number of carbonyl (C=O) groups is 1. The molecule has 144 valence electrons. The van der Waals surface area contributed by atoms with E-state index in [4.69, 9.17) is 11.6 Å². The van der Waals surface area contributed by atoms with Gasteiger partial charge >= 0.3 is 0 Å². The average Bonchev–Trinajstić information content (AvgIpc) is 2.72. The highest BCUT2D eigenvalue weighted by atomic mass is 35.5. The number of hydrogen-bond donors (Lipinski definition) is 1. The molecule has 1 amide bonds. The lowest BCUT2D eigenvalue weighted by Crippen LogP contribution is -2.35. The Bertz CT molecular complexity index is 1060. The van der Waals surface area contributed by atoms with Crippen LogP contribution in [0.15, 0.2) is 53.3 Å². The molecule has 1 aliphatic rings. The highest BCUT2D eigenvalue weighted by Crippen LogP contribution is 2.25. The predicted octanol–water partition coefficient (Wildman–Crippen LogP) is 3.68. The number of halogens is 1. The Kier molecular flexibility index (Phi) is 5.30. The van der Waals surface area contributed by atoms with Crippen molar-refractivity contribution >= 4 is 39.8 Å². The quantitative estimate of drug-likeness (QED) is 0.730. The number of piperidine rings is 1. The molecular formula is C21H21ClN4O2. The number of hydrogen-bond acceptors (Lipinski definition) is 4. The summed E-state index contributed by atoms with van der Waals surface area (Å²) in [6.45, 7) is 1.67. The second-order valence-corrected chi connectivity index (χ2v) is 7.37. The van der Waals surface area contributed by atoms with E-state index in [0.29, 0.717) is 16.1 Å². The van der Waals surface area contributed by atoms with E-state index in [1.54, 1.807) is 30.3 Å². The number of benzene rings is 2. The van der Waals surface area contributed by atoms with Crippen LogP contribution in [0.25, 0.3) is 10.8 Å². The maximum atomic E-state index is 12.9. The first-order valence-corrected chi connectivity index (χ1v) is 9.80. The number of fused-ring (bicyclic) bond motifs is 1. The Hall–Kier alpha value is -2.86. The number of rotatable bonds is 4. The zero-order valence-electron chi connectivity index (χ0n) is 15.4. The molecule has 0 spiro atoms. The van der Waals surface area contributed by atoms with Crippen LogP contribution in [0.3, 0.4) is 0 Å². The van der Waals surface area contributed by atoms with Crippen molar-refractivity contribution in [2.24, 2.45) is 0 Å². The molecule has 2 heterocycles. The largest absolute Gasteiger partial charge is 0.355 e. The lowest BCUT2D eigenvalue weighted by molar-refractivity contribution is -0.117. The molecule has 0 bridgehead atoms. The molecule has 1 aliphatic heterocycles. The van der Waals surface area contributed by atoms with Gasteiger partial charge in [-0.15, -0.1) is 0 Å². The number of carbonyl (C=O) groups excluding carboxylic acids is 1. The third-order valence-corrected chi connectivity index (χ3v) is 5.18. The first-order valence-electron chi connectivity index (χ1n) is 9.42. The summed E-state index contributed by atoms with van der Waals surface area (Å²) in [5.41, 5.74) is 0.363. The lowest BCUT2D eigenvalue weighted by Gasteiger charge is -2.29. The lowest BCUT2D eigenvalue weighted by atomic mass is 10.1. The molecule has 0 radical (unpaired) electrons. The molecule has 2 aromatic carbocycles. The van der Waals surface area contributed by atoms with Crippen molar-refractivity contribution in [1.82, 2.24) is 9.78 Å². The molecule has 0 saturated carbocycles. The molecule has 1 fully saturated rings. The zero-order valence-corrected chi connectivity index (χ0v) is 16.2. The molecule has 3 aromatic rings. The van der Waals surface area contributed by atoms with Gasteiger partial charge in [0.2, 0.25) is 5.91 Å². The molecule has 4 rings (SSSR count). The molecule has 7 heteroatoms. The standard InChI is InChI=1S/C21H21ClN4O2/c22-15-8-10-16(11-9-15)23-19(27)14-26-21(28)18-7-3-2-6-17(18)20(24-26)25-12-4-1-5-13-25/h2-3,6-11H,1,4-5,12-14H2,(H,23,27). The van der Waals surface area contributed by atoms with Gasteiger partial charge in [0, 0.05) is 29.2 Å². The minimum absolute atomic E-state index is 0.146. The van der Waals surface area contributed by atoms with Crippen molar-refractivity contribution in [3.63, 3.8) is 0 Å². The summed E-state index contributed by atoms with van der Waals surface area (Å²) in [4.78, 5) is 27.6. The Morgan fingerprint density at radius 2 is 1.68 bits per heavy atom. The van der Waals surface area contributed by atoms with Crippen LogP contribution in [0.4, 0.5) is 11.5 Å². The Morgan fingerprint density at radius 1 is 1.00 bits per heavy atom. The van der Waals surface area contributed by atoms with Crippen molar-refractivity contribution in [1.29, 1.82) is 0 Å². The van der Waals surface area contributed by atoms with Crippen LogP contribution in [-0.4, -0.2) is 28.8 Å². The molecule has 1 aromatic heterocycles. The van der Waals surface area contributed by atoms with Crippen molar-refractivity contribution in [2.45, 2.75) is 25.8 Å². The molecular weight excluding hydrogens is 376 g/mol. The SMILES string of the molecule is O=C(Cn1nc(N2CCCCC2)c2ccccc2c1=O)Nc1ccc(Cl)cc1. The first kappa shape index (κ1) is 18.5. The zero-order chi connectivity index (χ0) is 19.5. The van der Waals surface area contributed by atoms with E-state index in [2.05, 4.69) is 15.3 Å². The summed E-state index contributed by atoms with van der Waals surface area (Å²) < 4.78 is 1.26. The van der Waals surface area contributed by atoms with E-state index in [1.807, 2.05) is 18.2 Å². The van der Waals surface area contributed by atoms with Crippen LogP contribution in [-0.2, 0) is 11.3 Å². The van der Waals surface area contributed by atoms with Gasteiger partial charge in [-0.05, 0) is 49.6 Å². The number of anilines is 2. The molecule has 28 heavy (non-hydrogen) atoms. The van der Waals surface area contributed by atoms with Crippen LogP contribution in [0.2, 0.25) is 5.02 Å². The van der Waals surface area contributed by atoms with E-state index in [0.717, 1.165) is 37.1 Å². The van der Waals surface area contributed by atoms with Crippen molar-refractivity contribution in [3.05, 3.63) is 63.9 Å². The Morgan fingerprint density at radius 3 is 2.39 bits per heavy atom. The highest BCUT2D eigenvalue weighted by Gasteiger charge is 2.19. The van der Waals surface area contributed by atoms with Crippen molar-refractivity contribution in [3.8, 4) is 0 Å². The summed E-state index contributed by atoms with van der Waals surface area (Å²) in [5, 5.41) is 9.36. The fourth-order valence-electron chi connectivity index (χ4n) is 3.53. The normalized spacial score (nSPS) is 14.2. The van der Waals surface area contributed by atoms with Gasteiger partial charge in [-0.1, -0.05) is 29.8 Å². The van der Waals surface area contributed by atoms with E-state index >= 15 is 0 Å². The third-order valence-electron chi connectivity index (χ3n) is 4.93. The fourth-order valence-corrected chi connectivity index (χ4v) is 3.66. The van der Waals surface area contributed by atoms with Crippen molar-refractivity contribution < 1.29 is 4.79 Å². The van der Waals surface area contributed by atoms with Crippen molar-refractivity contribution in [2.75, 3.05) is 23.3 Å². The Labute approximate surface area is 167 Å². The molecule has 0 aliphatic carbocycles. The maximum Gasteiger partial charge on any atom is 0.275 e. The van der Waals surface area contributed by atoms with Gasteiger partial charge in [0.15, 0.2) is 5.82 Å². The average molecular weight is 397 g/mol. The number of amides is 1. The molecule has 0 unspecified atom stereocenters. The highest BCUT2D eigenvalue weighted by molar-refractivity contribution is 6.30. The second kappa shape index (κ2) is 8.02. The van der Waals surface area contributed by atoms with Crippen LogP contribution in [0.5, 0.6) is 0 Å². The van der Waals surface area contributed by atoms with E-state index < -0.39 is 0 Å². The summed E-state index contributed by atoms with van der Waals surface area (Å²) >= 11 is 5.87. The van der Waals surface area contributed by atoms with E-state index in [-0.39, 0.29) is 18.0 Å². The monoisotopic (exact) mass is 396 g/mol. The predicted molar refractivity (Wildman–Crippen MR) is 112 cm³/mol. The number of aromatic nitrogens is 2. The third kappa shape index (κ3) is 3.87. The first-order chi connectivity index (χ1) is 13.6. The smallest absolute Gasteiger partial charge is 0.275 e. The minimum Gasteiger partial charge on any atom is -0.355 e. The van der Waals surface area contributed by atoms with E-state index in [1.165, 1.54) is 11.1 Å². The van der Waals surface area contributed by atoms with Crippen LogP contribution in [0, 0.1) is 0 Å². The molecule has 1 saturated heterocycles. The summed E-state index contributed by atoms with van der Waals surface area (Å²) in [6, 6.07) is 14.3.